The Morgan fingerprint density at radius 2 is 0.761 bits per heavy atom. The van der Waals surface area contributed by atoms with Crippen molar-refractivity contribution in [2.75, 3.05) is 0 Å². The zero-order valence-electron chi connectivity index (χ0n) is 26.8. The van der Waals surface area contributed by atoms with Gasteiger partial charge in [-0.15, -0.1) is 23.3 Å². The third-order valence-electron chi connectivity index (χ3n) is 7.22. The first kappa shape index (κ1) is 37.9. The molecule has 4 aromatic carbocycles. The molecule has 0 fully saturated rings. The van der Waals surface area contributed by atoms with Gasteiger partial charge in [-0.25, -0.2) is 0 Å². The van der Waals surface area contributed by atoms with Crippen molar-refractivity contribution in [1.29, 1.82) is 0 Å². The van der Waals surface area contributed by atoms with E-state index in [1.807, 2.05) is 12.4 Å². The Bertz CT molecular complexity index is 1610. The van der Waals surface area contributed by atoms with E-state index in [1.54, 1.807) is 0 Å². The van der Waals surface area contributed by atoms with Crippen molar-refractivity contribution in [2.45, 2.75) is 34.6 Å². The Balaban J connectivity index is 0.000000276. The first-order valence-electron chi connectivity index (χ1n) is 14.4. The van der Waals surface area contributed by atoms with Crippen LogP contribution in [0.2, 0.25) is 0 Å². The fourth-order valence-electron chi connectivity index (χ4n) is 5.03. The summed E-state index contributed by atoms with van der Waals surface area (Å²) in [5.41, 5.74) is 14.4. The van der Waals surface area contributed by atoms with E-state index in [0.717, 1.165) is 18.1 Å². The number of carboxylic acid groups (broad SMARTS) is 1. The number of rotatable bonds is 4. The van der Waals surface area contributed by atoms with E-state index >= 15 is 0 Å². The maximum atomic E-state index is 9.00. The number of aromatic nitrogens is 2. The van der Waals surface area contributed by atoms with Crippen molar-refractivity contribution < 1.29 is 30.3 Å². The first-order valence-corrected chi connectivity index (χ1v) is 14.4. The molecule has 4 nitrogen and oxygen atoms in total. The molecule has 0 aliphatic rings. The Kier molecular flexibility index (Phi) is 15.4. The topological polar surface area (TPSA) is 63.1 Å². The number of nitrogens with zero attached hydrogens (tertiary/aromatic N) is 2. The average molecular weight is 717 g/mol. The summed E-state index contributed by atoms with van der Waals surface area (Å²) >= 11 is 0. The number of hydrogen-bond donors (Lipinski definition) is 1. The van der Waals surface area contributed by atoms with Crippen molar-refractivity contribution in [3.63, 3.8) is 0 Å². The molecule has 6 aromatic rings. The van der Waals surface area contributed by atoms with Crippen LogP contribution in [0, 0.1) is 40.1 Å². The molecule has 0 aliphatic carbocycles. The zero-order chi connectivity index (χ0) is 31.5. The van der Waals surface area contributed by atoms with Gasteiger partial charge in [0, 0.05) is 6.92 Å². The molecule has 0 spiro atoms. The molecule has 1 atom stereocenters. The normalized spacial score (nSPS) is 9.67. The van der Waals surface area contributed by atoms with Crippen LogP contribution in [-0.4, -0.2) is 21.0 Å². The number of benzene rings is 4. The number of aryl methyl sites for hydroxylation is 4. The predicted octanol–water partition coefficient (Wildman–Crippen LogP) is 9.81. The van der Waals surface area contributed by atoms with Gasteiger partial charge in [-0.1, -0.05) is 165 Å². The van der Waals surface area contributed by atoms with Crippen molar-refractivity contribution >= 4 is 15.9 Å². The summed E-state index contributed by atoms with van der Waals surface area (Å²) in [4.78, 5) is 17.4. The minimum absolute atomic E-state index is 0. The number of hydrogen-bond acceptors (Lipinski definition) is 3. The Hall–Kier alpha value is -4.26. The van der Waals surface area contributed by atoms with E-state index in [-0.39, 0.29) is 30.3 Å². The molecule has 1 unspecified atom stereocenters. The van der Waals surface area contributed by atoms with Gasteiger partial charge in [-0.2, -0.15) is 9.90 Å². The molecule has 0 amide bonds. The van der Waals surface area contributed by atoms with Crippen LogP contribution in [0.3, 0.4) is 0 Å². The summed E-state index contributed by atoms with van der Waals surface area (Å²) in [6, 6.07) is 37.7. The summed E-state index contributed by atoms with van der Waals surface area (Å²) in [6.07, 6.45) is 9.96. The summed E-state index contributed by atoms with van der Waals surface area (Å²) in [6.45, 7) is 9.60. The second kappa shape index (κ2) is 18.6. The van der Waals surface area contributed by atoms with Crippen LogP contribution in [0.15, 0.2) is 122 Å². The number of pyridine rings is 2. The third-order valence-corrected chi connectivity index (χ3v) is 7.22. The van der Waals surface area contributed by atoms with Gasteiger partial charge >= 0.3 is 20.4 Å². The van der Waals surface area contributed by atoms with E-state index in [0.29, 0.717) is 0 Å². The smallest absolute Gasteiger partial charge is 0.481 e. The molecule has 6 heteroatoms. The van der Waals surface area contributed by atoms with E-state index < -0.39 is 5.97 Å². The van der Waals surface area contributed by atoms with E-state index in [2.05, 4.69) is 159 Å². The van der Waals surface area contributed by atoms with Gasteiger partial charge in [0.05, 0.1) is 0 Å². The van der Waals surface area contributed by atoms with Crippen LogP contribution in [0.4, 0.5) is 0 Å². The standard InChI is InChI=1S/2C19H16N.C2H4O2.H3P.Pd/c2*1-14-7-3-5-9-16(14)18-11-12-20-13-19(18)17-10-6-4-8-15(17)2;1-2(3)4;;/h2*3-12H,1-2H3;1H3,(H,3,4);1H3;/q2*-1;;;+2. The van der Waals surface area contributed by atoms with Crippen molar-refractivity contribution in [2.24, 2.45) is 0 Å². The Morgan fingerprint density at radius 1 is 0.500 bits per heavy atom. The van der Waals surface area contributed by atoms with Crippen molar-refractivity contribution in [1.82, 2.24) is 9.97 Å². The molecule has 6 rings (SSSR count). The van der Waals surface area contributed by atoms with Gasteiger partial charge in [-0.3, -0.25) is 4.79 Å². The molecule has 0 radical (unpaired) electrons. The van der Waals surface area contributed by atoms with Crippen LogP contribution < -0.4 is 0 Å². The molecular formula is C40H39N2O2PPd. The molecule has 0 saturated heterocycles. The molecule has 2 aromatic heterocycles. The van der Waals surface area contributed by atoms with Crippen molar-refractivity contribution in [3.05, 3.63) is 156 Å². The van der Waals surface area contributed by atoms with Crippen LogP contribution in [0.1, 0.15) is 29.2 Å². The molecule has 236 valence electrons. The van der Waals surface area contributed by atoms with Crippen LogP contribution >= 0.6 is 9.90 Å². The largest absolute Gasteiger partial charge is 2.00 e. The maximum Gasteiger partial charge on any atom is 2.00 e. The fraction of sp³-hybridized carbons (Fsp3) is 0.125. The minimum Gasteiger partial charge on any atom is -0.481 e. The number of carboxylic acids is 1. The quantitative estimate of drug-likeness (QED) is 0.112. The molecule has 0 aliphatic heterocycles. The van der Waals surface area contributed by atoms with E-state index in [1.165, 1.54) is 55.6 Å². The third kappa shape index (κ3) is 9.87. The molecule has 0 saturated carbocycles. The molecule has 1 N–H and O–H groups in total. The van der Waals surface area contributed by atoms with Crippen molar-refractivity contribution in [3.8, 4) is 44.5 Å². The van der Waals surface area contributed by atoms with Gasteiger partial charge in [-0.05, 0) is 40.1 Å². The van der Waals surface area contributed by atoms with Crippen LogP contribution in [0.25, 0.3) is 44.5 Å². The summed E-state index contributed by atoms with van der Waals surface area (Å²) in [5, 5.41) is 7.42. The number of carbonyl (C=O) groups is 1. The van der Waals surface area contributed by atoms with E-state index in [9.17, 15) is 0 Å². The predicted molar refractivity (Wildman–Crippen MR) is 191 cm³/mol. The number of aliphatic carboxylic acids is 1. The van der Waals surface area contributed by atoms with Crippen LogP contribution in [0.5, 0.6) is 0 Å². The van der Waals surface area contributed by atoms with Gasteiger partial charge < -0.3 is 15.1 Å². The van der Waals surface area contributed by atoms with Gasteiger partial charge in [0.25, 0.3) is 5.97 Å². The van der Waals surface area contributed by atoms with Gasteiger partial charge in [0.1, 0.15) is 0 Å². The SMILES string of the molecule is CC(=O)O.Cc1ccccc1-c1[c-]nccc1-c1ccccc1C.Cc1ccccc1-c1[c-]nccc1-c1ccccc1C.P.[Pd+2]. The molecule has 2 heterocycles. The Morgan fingerprint density at radius 3 is 1.04 bits per heavy atom. The molecular weight excluding hydrogens is 678 g/mol. The minimum atomic E-state index is -0.833. The zero-order valence-corrected chi connectivity index (χ0v) is 29.8. The molecule has 0 bridgehead atoms. The summed E-state index contributed by atoms with van der Waals surface area (Å²) in [5.74, 6) is -0.833. The fourth-order valence-corrected chi connectivity index (χ4v) is 5.03. The van der Waals surface area contributed by atoms with E-state index in [4.69, 9.17) is 9.90 Å². The monoisotopic (exact) mass is 716 g/mol. The second-order valence-corrected chi connectivity index (χ2v) is 10.5. The second-order valence-electron chi connectivity index (χ2n) is 10.5. The average Bonchev–Trinajstić information content (AvgIpc) is 3.02. The first-order chi connectivity index (χ1) is 21.3. The summed E-state index contributed by atoms with van der Waals surface area (Å²) < 4.78 is 0. The van der Waals surface area contributed by atoms with Gasteiger partial charge in [0.2, 0.25) is 0 Å². The van der Waals surface area contributed by atoms with Gasteiger partial charge in [0.15, 0.2) is 0 Å². The maximum absolute atomic E-state index is 9.00. The van der Waals surface area contributed by atoms with Crippen LogP contribution in [-0.2, 0) is 25.2 Å². The Labute approximate surface area is 290 Å². The molecule has 46 heavy (non-hydrogen) atoms. The summed E-state index contributed by atoms with van der Waals surface area (Å²) in [7, 11) is 0.